The summed E-state index contributed by atoms with van der Waals surface area (Å²) in [7, 11) is 2.00. The highest BCUT2D eigenvalue weighted by molar-refractivity contribution is 6.30. The zero-order valence-corrected chi connectivity index (χ0v) is 11.0. The van der Waals surface area contributed by atoms with Crippen molar-refractivity contribution < 1.29 is 9.53 Å². The monoisotopic (exact) mass is 253 g/mol. The Morgan fingerprint density at radius 3 is 2.88 bits per heavy atom. The maximum Gasteiger partial charge on any atom is 0.177 e. The van der Waals surface area contributed by atoms with Gasteiger partial charge in [-0.2, -0.15) is 0 Å². The average molecular weight is 254 g/mol. The van der Waals surface area contributed by atoms with Crippen molar-refractivity contribution in [1.29, 1.82) is 0 Å². The van der Waals surface area contributed by atoms with Gasteiger partial charge >= 0.3 is 0 Å². The summed E-state index contributed by atoms with van der Waals surface area (Å²) in [6.07, 6.45) is 0. The topological polar surface area (TPSA) is 29.5 Å². The molecular weight excluding hydrogens is 238 g/mol. The lowest BCUT2D eigenvalue weighted by Gasteiger charge is -2.39. The molecule has 0 amide bonds. The number of fused-ring (bicyclic) bond motifs is 1. The summed E-state index contributed by atoms with van der Waals surface area (Å²) in [6.45, 7) is 4.88. The van der Waals surface area contributed by atoms with E-state index >= 15 is 0 Å². The van der Waals surface area contributed by atoms with Crippen LogP contribution < -0.4 is 9.64 Å². The lowest BCUT2D eigenvalue weighted by molar-refractivity contribution is 0.101. The number of carbonyl (C=O) groups excluding carboxylic acids is 1. The van der Waals surface area contributed by atoms with Crippen molar-refractivity contribution in [2.24, 2.45) is 0 Å². The van der Waals surface area contributed by atoms with Crippen LogP contribution in [0.2, 0.25) is 0 Å². The van der Waals surface area contributed by atoms with Crippen LogP contribution in [0.4, 0.5) is 5.69 Å². The van der Waals surface area contributed by atoms with Gasteiger partial charge in [-0.1, -0.05) is 0 Å². The Labute approximate surface area is 106 Å². The van der Waals surface area contributed by atoms with Crippen LogP contribution in [-0.4, -0.2) is 30.9 Å². The first-order chi connectivity index (χ1) is 7.93. The first kappa shape index (κ1) is 12.2. The minimum absolute atomic E-state index is 0.00878. The largest absolute Gasteiger partial charge is 0.484 e. The van der Waals surface area contributed by atoms with E-state index in [0.29, 0.717) is 5.56 Å². The fourth-order valence-electron chi connectivity index (χ4n) is 2.14. The summed E-state index contributed by atoms with van der Waals surface area (Å²) in [4.78, 5) is 13.6. The van der Waals surface area contributed by atoms with Gasteiger partial charge in [0.15, 0.2) is 5.78 Å². The van der Waals surface area contributed by atoms with Gasteiger partial charge in [0.25, 0.3) is 0 Å². The minimum atomic E-state index is -0.209. The minimum Gasteiger partial charge on any atom is -0.484 e. The molecule has 3 nitrogen and oxygen atoms in total. The molecule has 0 saturated carbocycles. The van der Waals surface area contributed by atoms with Crippen molar-refractivity contribution >= 4 is 23.1 Å². The van der Waals surface area contributed by atoms with E-state index in [-0.39, 0.29) is 17.3 Å². The summed E-state index contributed by atoms with van der Waals surface area (Å²) in [6, 6.07) is 5.45. The summed E-state index contributed by atoms with van der Waals surface area (Å²) < 4.78 is 5.87. The van der Waals surface area contributed by atoms with Gasteiger partial charge in [-0.3, -0.25) is 4.79 Å². The van der Waals surface area contributed by atoms with E-state index in [1.807, 2.05) is 33.0 Å². The highest BCUT2D eigenvalue weighted by atomic mass is 35.5. The number of hydrogen-bond acceptors (Lipinski definition) is 3. The Kier molecular flexibility index (Phi) is 3.04. The fourth-order valence-corrected chi connectivity index (χ4v) is 2.29. The third-order valence-corrected chi connectivity index (χ3v) is 3.06. The first-order valence-corrected chi connectivity index (χ1v) is 6.10. The second kappa shape index (κ2) is 4.22. The molecule has 0 atom stereocenters. The van der Waals surface area contributed by atoms with Gasteiger partial charge in [-0.25, -0.2) is 0 Å². The molecule has 0 aliphatic carbocycles. The van der Waals surface area contributed by atoms with Crippen LogP contribution in [0.1, 0.15) is 24.2 Å². The van der Waals surface area contributed by atoms with Crippen LogP contribution in [0.3, 0.4) is 0 Å². The zero-order chi connectivity index (χ0) is 12.6. The molecule has 1 aliphatic heterocycles. The molecule has 0 fully saturated rings. The SMILES string of the molecule is CN1CC(C)(C)Oc2ccc(C(=O)CCl)cc21. The Hall–Kier alpha value is -1.22. The van der Waals surface area contributed by atoms with Gasteiger partial charge in [0.2, 0.25) is 0 Å². The van der Waals surface area contributed by atoms with Crippen molar-refractivity contribution in [2.75, 3.05) is 24.4 Å². The highest BCUT2D eigenvalue weighted by Crippen LogP contribution is 2.36. The molecule has 0 aromatic heterocycles. The number of rotatable bonds is 2. The maximum absolute atomic E-state index is 11.5. The predicted octanol–water partition coefficient (Wildman–Crippen LogP) is 2.72. The highest BCUT2D eigenvalue weighted by Gasteiger charge is 2.30. The van der Waals surface area contributed by atoms with E-state index in [2.05, 4.69) is 4.90 Å². The van der Waals surface area contributed by atoms with E-state index in [1.165, 1.54) is 0 Å². The number of hydrogen-bond donors (Lipinski definition) is 0. The molecule has 1 heterocycles. The number of benzene rings is 1. The number of likely N-dealkylation sites (N-methyl/N-ethyl adjacent to an activating group) is 1. The van der Waals surface area contributed by atoms with Crippen molar-refractivity contribution in [2.45, 2.75) is 19.4 Å². The number of anilines is 1. The van der Waals surface area contributed by atoms with Crippen molar-refractivity contribution in [1.82, 2.24) is 0 Å². The zero-order valence-electron chi connectivity index (χ0n) is 10.3. The molecule has 0 bridgehead atoms. The number of nitrogens with zero attached hydrogens (tertiary/aromatic N) is 1. The summed E-state index contributed by atoms with van der Waals surface area (Å²) in [5.74, 6) is 0.761. The second-order valence-corrected chi connectivity index (χ2v) is 5.22. The van der Waals surface area contributed by atoms with E-state index in [1.54, 1.807) is 6.07 Å². The number of Topliss-reactive ketones (excluding diaryl/α,β-unsaturated/α-hetero) is 1. The molecule has 2 rings (SSSR count). The van der Waals surface area contributed by atoms with Gasteiger partial charge < -0.3 is 9.64 Å². The molecule has 1 aromatic rings. The van der Waals surface area contributed by atoms with E-state index < -0.39 is 0 Å². The van der Waals surface area contributed by atoms with Crippen LogP contribution in [0, 0.1) is 0 Å². The molecule has 0 radical (unpaired) electrons. The van der Waals surface area contributed by atoms with Crippen LogP contribution in [-0.2, 0) is 0 Å². The van der Waals surface area contributed by atoms with Crippen LogP contribution in [0.5, 0.6) is 5.75 Å². The van der Waals surface area contributed by atoms with Gasteiger partial charge in [0.05, 0.1) is 18.1 Å². The van der Waals surface area contributed by atoms with Gasteiger partial charge in [0.1, 0.15) is 11.4 Å². The molecule has 0 spiro atoms. The number of carbonyl (C=O) groups is 1. The standard InChI is InChI=1S/C13H16ClNO2/c1-13(2)8-15(3)10-6-9(11(16)7-14)4-5-12(10)17-13/h4-6H,7-8H2,1-3H3. The molecule has 92 valence electrons. The number of ether oxygens (including phenoxy) is 1. The predicted molar refractivity (Wildman–Crippen MR) is 69.5 cm³/mol. The fraction of sp³-hybridized carbons (Fsp3) is 0.462. The van der Waals surface area contributed by atoms with E-state index in [0.717, 1.165) is 18.0 Å². The molecular formula is C13H16ClNO2. The summed E-state index contributed by atoms with van der Waals surface area (Å²) in [5, 5.41) is 0. The van der Waals surface area contributed by atoms with Crippen molar-refractivity contribution in [3.05, 3.63) is 23.8 Å². The molecule has 0 unspecified atom stereocenters. The maximum atomic E-state index is 11.5. The smallest absolute Gasteiger partial charge is 0.177 e. The first-order valence-electron chi connectivity index (χ1n) is 5.56. The van der Waals surface area contributed by atoms with E-state index in [9.17, 15) is 4.79 Å². The van der Waals surface area contributed by atoms with Gasteiger partial charge in [0, 0.05) is 12.6 Å². The molecule has 0 N–H and O–H groups in total. The van der Waals surface area contributed by atoms with Gasteiger partial charge in [-0.05, 0) is 32.0 Å². The Morgan fingerprint density at radius 2 is 2.24 bits per heavy atom. The van der Waals surface area contributed by atoms with Gasteiger partial charge in [-0.15, -0.1) is 11.6 Å². The molecule has 17 heavy (non-hydrogen) atoms. The third kappa shape index (κ3) is 2.39. The second-order valence-electron chi connectivity index (χ2n) is 4.96. The number of halogens is 1. The Morgan fingerprint density at radius 1 is 1.53 bits per heavy atom. The van der Waals surface area contributed by atoms with Crippen molar-refractivity contribution in [3.63, 3.8) is 0 Å². The number of alkyl halides is 1. The Bertz CT molecular complexity index is 457. The number of ketones is 1. The van der Waals surface area contributed by atoms with Crippen LogP contribution in [0.15, 0.2) is 18.2 Å². The molecule has 0 saturated heterocycles. The summed E-state index contributed by atoms with van der Waals surface area (Å²) in [5.41, 5.74) is 1.37. The molecule has 1 aromatic carbocycles. The lowest BCUT2D eigenvalue weighted by atomic mass is 10.0. The lowest BCUT2D eigenvalue weighted by Crippen LogP contribution is -2.45. The van der Waals surface area contributed by atoms with Crippen LogP contribution >= 0.6 is 11.6 Å². The van der Waals surface area contributed by atoms with Crippen molar-refractivity contribution in [3.8, 4) is 5.75 Å². The normalized spacial score (nSPS) is 17.3. The average Bonchev–Trinajstić information content (AvgIpc) is 2.26. The van der Waals surface area contributed by atoms with E-state index in [4.69, 9.17) is 16.3 Å². The third-order valence-electron chi connectivity index (χ3n) is 2.82. The molecule has 1 aliphatic rings. The Balaban J connectivity index is 2.40. The van der Waals surface area contributed by atoms with Crippen LogP contribution in [0.25, 0.3) is 0 Å². The quantitative estimate of drug-likeness (QED) is 0.600. The summed E-state index contributed by atoms with van der Waals surface area (Å²) >= 11 is 5.56. The molecule has 4 heteroatoms.